The number of nitrogens with zero attached hydrogens (tertiary/aromatic N) is 2. The smallest absolute Gasteiger partial charge is 0.232 e. The summed E-state index contributed by atoms with van der Waals surface area (Å²) in [6.45, 7) is 4.97. The summed E-state index contributed by atoms with van der Waals surface area (Å²) >= 11 is 0. The van der Waals surface area contributed by atoms with Gasteiger partial charge in [0, 0.05) is 25.2 Å². The number of rotatable bonds is 6. The molecule has 1 fully saturated rings. The van der Waals surface area contributed by atoms with Crippen LogP contribution in [0.5, 0.6) is 0 Å². The molecule has 1 aromatic heterocycles. The summed E-state index contributed by atoms with van der Waals surface area (Å²) in [7, 11) is 0. The summed E-state index contributed by atoms with van der Waals surface area (Å²) in [5, 5.41) is 0. The maximum atomic E-state index is 12.9. The first-order valence-electron chi connectivity index (χ1n) is 7.96. The standard InChI is InChI=1S/C19H20N2O3/c1-2-10-21(16-7-4-3-5-8-16)19(23)15-12-18(22)20(13-15)14-17-9-6-11-24-17/h2-9,11,15H,1,10,12-14H2/t15-/m0/s1. The van der Waals surface area contributed by atoms with Gasteiger partial charge in [-0.25, -0.2) is 0 Å². The van der Waals surface area contributed by atoms with Crippen molar-refractivity contribution in [1.29, 1.82) is 0 Å². The highest BCUT2D eigenvalue weighted by molar-refractivity contribution is 5.99. The van der Waals surface area contributed by atoms with Crippen LogP contribution in [0.15, 0.2) is 65.8 Å². The molecule has 5 heteroatoms. The van der Waals surface area contributed by atoms with Crippen LogP contribution < -0.4 is 4.90 Å². The van der Waals surface area contributed by atoms with Crippen molar-refractivity contribution in [2.75, 3.05) is 18.0 Å². The van der Waals surface area contributed by atoms with Crippen molar-refractivity contribution in [3.63, 3.8) is 0 Å². The molecule has 2 amide bonds. The number of hydrogen-bond donors (Lipinski definition) is 0. The van der Waals surface area contributed by atoms with E-state index < -0.39 is 0 Å². The monoisotopic (exact) mass is 324 g/mol. The van der Waals surface area contributed by atoms with Crippen molar-refractivity contribution in [1.82, 2.24) is 4.90 Å². The molecule has 2 heterocycles. The van der Waals surface area contributed by atoms with Gasteiger partial charge in [-0.1, -0.05) is 24.3 Å². The molecule has 2 aromatic rings. The fourth-order valence-electron chi connectivity index (χ4n) is 2.96. The zero-order valence-electron chi connectivity index (χ0n) is 13.4. The first-order valence-corrected chi connectivity index (χ1v) is 7.96. The number of para-hydroxylation sites is 1. The molecule has 0 unspecified atom stereocenters. The molecule has 3 rings (SSSR count). The summed E-state index contributed by atoms with van der Waals surface area (Å²) < 4.78 is 5.29. The highest BCUT2D eigenvalue weighted by Crippen LogP contribution is 2.25. The zero-order valence-corrected chi connectivity index (χ0v) is 13.4. The van der Waals surface area contributed by atoms with Gasteiger partial charge in [-0.3, -0.25) is 9.59 Å². The van der Waals surface area contributed by atoms with Gasteiger partial charge in [-0.15, -0.1) is 6.58 Å². The Hall–Kier alpha value is -2.82. The van der Waals surface area contributed by atoms with Gasteiger partial charge in [-0.2, -0.15) is 0 Å². The number of likely N-dealkylation sites (tertiary alicyclic amines) is 1. The lowest BCUT2D eigenvalue weighted by atomic mass is 10.1. The summed E-state index contributed by atoms with van der Waals surface area (Å²) in [6, 6.07) is 13.1. The number of carbonyl (C=O) groups is 2. The zero-order chi connectivity index (χ0) is 16.9. The second-order valence-electron chi connectivity index (χ2n) is 5.83. The molecule has 1 aromatic carbocycles. The number of amides is 2. The Morgan fingerprint density at radius 1 is 1.29 bits per heavy atom. The van der Waals surface area contributed by atoms with Crippen LogP contribution in [0.1, 0.15) is 12.2 Å². The second-order valence-corrected chi connectivity index (χ2v) is 5.83. The van der Waals surface area contributed by atoms with Crippen LogP contribution in [-0.4, -0.2) is 29.8 Å². The van der Waals surface area contributed by atoms with Crippen LogP contribution in [0.4, 0.5) is 5.69 Å². The van der Waals surface area contributed by atoms with Gasteiger partial charge in [0.15, 0.2) is 0 Å². The van der Waals surface area contributed by atoms with Crippen molar-refractivity contribution in [2.24, 2.45) is 5.92 Å². The molecule has 24 heavy (non-hydrogen) atoms. The molecule has 0 saturated carbocycles. The molecule has 124 valence electrons. The third-order valence-electron chi connectivity index (χ3n) is 4.14. The second kappa shape index (κ2) is 7.17. The Labute approximate surface area is 141 Å². The minimum absolute atomic E-state index is 0.0173. The van der Waals surface area contributed by atoms with Crippen molar-refractivity contribution < 1.29 is 14.0 Å². The minimum atomic E-state index is -0.340. The van der Waals surface area contributed by atoms with Crippen molar-refractivity contribution in [3.05, 3.63) is 67.1 Å². The molecule has 1 atom stereocenters. The van der Waals surface area contributed by atoms with E-state index in [1.54, 1.807) is 28.2 Å². The van der Waals surface area contributed by atoms with E-state index in [4.69, 9.17) is 4.42 Å². The third-order valence-corrected chi connectivity index (χ3v) is 4.14. The first-order chi connectivity index (χ1) is 11.7. The average molecular weight is 324 g/mol. The molecule has 5 nitrogen and oxygen atoms in total. The average Bonchev–Trinajstić information content (AvgIpc) is 3.24. The normalized spacial score (nSPS) is 17.1. The maximum Gasteiger partial charge on any atom is 0.232 e. The molecular formula is C19H20N2O3. The number of hydrogen-bond acceptors (Lipinski definition) is 3. The van der Waals surface area contributed by atoms with Gasteiger partial charge in [-0.05, 0) is 24.3 Å². The molecule has 0 spiro atoms. The van der Waals surface area contributed by atoms with Crippen molar-refractivity contribution in [3.8, 4) is 0 Å². The first kappa shape index (κ1) is 16.1. The molecule has 1 aliphatic heterocycles. The van der Waals surface area contributed by atoms with E-state index >= 15 is 0 Å². The number of anilines is 1. The Balaban J connectivity index is 1.72. The fraction of sp³-hybridized carbons (Fsp3) is 0.263. The van der Waals surface area contributed by atoms with E-state index in [9.17, 15) is 9.59 Å². The van der Waals surface area contributed by atoms with Crippen LogP contribution >= 0.6 is 0 Å². The third kappa shape index (κ3) is 3.40. The summed E-state index contributed by atoms with van der Waals surface area (Å²) in [6.07, 6.45) is 3.52. The Morgan fingerprint density at radius 3 is 2.75 bits per heavy atom. The SMILES string of the molecule is C=CCN(C(=O)[C@H]1CC(=O)N(Cc2ccco2)C1)c1ccccc1. The number of benzene rings is 1. The van der Waals surface area contributed by atoms with Gasteiger partial charge in [0.2, 0.25) is 11.8 Å². The van der Waals surface area contributed by atoms with E-state index in [0.29, 0.717) is 19.6 Å². The number of furan rings is 1. The minimum Gasteiger partial charge on any atom is -0.467 e. The van der Waals surface area contributed by atoms with Gasteiger partial charge in [0.25, 0.3) is 0 Å². The molecular weight excluding hydrogens is 304 g/mol. The van der Waals surface area contributed by atoms with Crippen LogP contribution in [0.3, 0.4) is 0 Å². The Bertz CT molecular complexity index is 709. The number of carbonyl (C=O) groups excluding carboxylic acids is 2. The topological polar surface area (TPSA) is 53.8 Å². The predicted octanol–water partition coefficient (Wildman–Crippen LogP) is 2.85. The van der Waals surface area contributed by atoms with Gasteiger partial charge < -0.3 is 14.2 Å². The Morgan fingerprint density at radius 2 is 2.08 bits per heavy atom. The summed E-state index contributed by atoms with van der Waals surface area (Å²) in [5.41, 5.74) is 0.819. The van der Waals surface area contributed by atoms with Crippen LogP contribution in [-0.2, 0) is 16.1 Å². The van der Waals surface area contributed by atoms with Gasteiger partial charge in [0.05, 0.1) is 18.7 Å². The molecule has 1 aliphatic rings. The predicted molar refractivity (Wildman–Crippen MR) is 91.2 cm³/mol. The molecule has 0 N–H and O–H groups in total. The van der Waals surface area contributed by atoms with E-state index in [0.717, 1.165) is 11.4 Å². The van der Waals surface area contributed by atoms with Crippen LogP contribution in [0.2, 0.25) is 0 Å². The van der Waals surface area contributed by atoms with E-state index in [-0.39, 0.29) is 24.2 Å². The van der Waals surface area contributed by atoms with Crippen molar-refractivity contribution in [2.45, 2.75) is 13.0 Å². The van der Waals surface area contributed by atoms with Gasteiger partial charge in [0.1, 0.15) is 5.76 Å². The van der Waals surface area contributed by atoms with E-state index in [1.165, 1.54) is 0 Å². The highest BCUT2D eigenvalue weighted by atomic mass is 16.3. The quantitative estimate of drug-likeness (QED) is 0.768. The molecule has 0 aliphatic carbocycles. The van der Waals surface area contributed by atoms with Crippen LogP contribution in [0, 0.1) is 5.92 Å². The van der Waals surface area contributed by atoms with Crippen molar-refractivity contribution >= 4 is 17.5 Å². The lowest BCUT2D eigenvalue weighted by Gasteiger charge is -2.24. The molecule has 0 radical (unpaired) electrons. The largest absolute Gasteiger partial charge is 0.467 e. The Kier molecular flexibility index (Phi) is 4.79. The fourth-order valence-corrected chi connectivity index (χ4v) is 2.96. The lowest BCUT2D eigenvalue weighted by Crippen LogP contribution is -2.37. The van der Waals surface area contributed by atoms with E-state index in [2.05, 4.69) is 6.58 Å². The summed E-state index contributed by atoms with van der Waals surface area (Å²) in [4.78, 5) is 28.5. The summed E-state index contributed by atoms with van der Waals surface area (Å²) in [5.74, 6) is 0.322. The van der Waals surface area contributed by atoms with Crippen LogP contribution in [0.25, 0.3) is 0 Å². The van der Waals surface area contributed by atoms with Gasteiger partial charge >= 0.3 is 0 Å². The molecule has 0 bridgehead atoms. The molecule has 1 saturated heterocycles. The highest BCUT2D eigenvalue weighted by Gasteiger charge is 2.36. The maximum absolute atomic E-state index is 12.9. The lowest BCUT2D eigenvalue weighted by molar-refractivity contribution is -0.129. The van der Waals surface area contributed by atoms with E-state index in [1.807, 2.05) is 36.4 Å².